The second-order valence-electron chi connectivity index (χ2n) is 8.02. The summed E-state index contributed by atoms with van der Waals surface area (Å²) in [5.74, 6) is 0. The molecule has 0 fully saturated rings. The maximum absolute atomic E-state index is 2.24. The van der Waals surface area contributed by atoms with E-state index >= 15 is 0 Å². The highest BCUT2D eigenvalue weighted by atomic mass is 14.9. The van der Waals surface area contributed by atoms with Crippen LogP contribution in [-0.4, -0.2) is 0 Å². The summed E-state index contributed by atoms with van der Waals surface area (Å²) < 4.78 is 4.42. The van der Waals surface area contributed by atoms with Crippen LogP contribution in [0.4, 0.5) is 0 Å². The first-order valence-corrected chi connectivity index (χ1v) is 10.1. The summed E-state index contributed by atoms with van der Waals surface area (Å²) >= 11 is 0. The van der Waals surface area contributed by atoms with Crippen LogP contribution in [0.25, 0.3) is 22.5 Å². The molecule has 0 saturated carbocycles. The topological polar surface area (TPSA) is 7.76 Å². The molecule has 4 rings (SSSR count). The Balaban J connectivity index is 1.69. The van der Waals surface area contributed by atoms with Crippen molar-refractivity contribution in [3.05, 3.63) is 107 Å². The van der Waals surface area contributed by atoms with E-state index in [-0.39, 0.29) is 0 Å². The van der Waals surface area contributed by atoms with Gasteiger partial charge in [0.25, 0.3) is 0 Å². The Morgan fingerprint density at radius 3 is 1.59 bits per heavy atom. The summed E-state index contributed by atoms with van der Waals surface area (Å²) in [6, 6.07) is 19.8. The molecule has 2 aromatic carbocycles. The van der Waals surface area contributed by atoms with Crippen molar-refractivity contribution in [1.29, 1.82) is 0 Å². The van der Waals surface area contributed by atoms with Gasteiger partial charge in [-0.15, -0.1) is 0 Å². The lowest BCUT2D eigenvalue weighted by Gasteiger charge is -2.07. The molecule has 0 aliphatic rings. The Labute approximate surface area is 173 Å². The average Bonchev–Trinajstić information content (AvgIpc) is 2.72. The zero-order chi connectivity index (χ0) is 20.5. The minimum Gasteiger partial charge on any atom is -0.167 e. The first-order valence-electron chi connectivity index (χ1n) is 10.1. The van der Waals surface area contributed by atoms with E-state index in [9.17, 15) is 0 Å². The third kappa shape index (κ3) is 3.84. The first-order chi connectivity index (χ1) is 13.9. The molecule has 0 amide bonds. The van der Waals surface area contributed by atoms with E-state index in [0.29, 0.717) is 0 Å². The predicted octanol–water partition coefficient (Wildman–Crippen LogP) is 5.45. The molecule has 29 heavy (non-hydrogen) atoms. The Kier molecular flexibility index (Phi) is 5.02. The SMILES string of the molecule is Cc1ccc(C)c(-[n+]2ccc(-c3cc[n+](-c4cc(C)ccc4C)cc3C)cc2)c1. The highest BCUT2D eigenvalue weighted by molar-refractivity contribution is 5.65. The van der Waals surface area contributed by atoms with Crippen LogP contribution >= 0.6 is 0 Å². The molecule has 2 heteroatoms. The van der Waals surface area contributed by atoms with E-state index in [0.717, 1.165) is 0 Å². The van der Waals surface area contributed by atoms with Crippen molar-refractivity contribution in [2.24, 2.45) is 0 Å². The summed E-state index contributed by atoms with van der Waals surface area (Å²) in [7, 11) is 0. The molecule has 0 aliphatic heterocycles. The van der Waals surface area contributed by atoms with Crippen LogP contribution in [0.5, 0.6) is 0 Å². The number of aromatic nitrogens is 2. The van der Waals surface area contributed by atoms with Crippen molar-refractivity contribution < 1.29 is 9.13 Å². The summed E-state index contributed by atoms with van der Waals surface area (Å²) in [4.78, 5) is 0. The molecule has 2 aromatic heterocycles. The zero-order valence-corrected chi connectivity index (χ0v) is 17.9. The number of hydrogen-bond acceptors (Lipinski definition) is 0. The highest BCUT2D eigenvalue weighted by Crippen LogP contribution is 2.22. The lowest BCUT2D eigenvalue weighted by molar-refractivity contribution is -0.596. The first kappa shape index (κ1) is 19.1. The summed E-state index contributed by atoms with van der Waals surface area (Å²) in [5, 5.41) is 0. The van der Waals surface area contributed by atoms with Crippen molar-refractivity contribution in [2.75, 3.05) is 0 Å². The molecule has 0 spiro atoms. The normalized spacial score (nSPS) is 10.9. The summed E-state index contributed by atoms with van der Waals surface area (Å²) in [6.45, 7) is 10.8. The molecule has 0 saturated heterocycles. The molecular weight excluding hydrogens is 352 g/mol. The van der Waals surface area contributed by atoms with Crippen LogP contribution in [0.15, 0.2) is 79.4 Å². The van der Waals surface area contributed by atoms with Gasteiger partial charge in [0.2, 0.25) is 11.4 Å². The van der Waals surface area contributed by atoms with Gasteiger partial charge < -0.3 is 0 Å². The van der Waals surface area contributed by atoms with Gasteiger partial charge in [-0.25, -0.2) is 0 Å². The zero-order valence-electron chi connectivity index (χ0n) is 17.9. The quantitative estimate of drug-likeness (QED) is 0.418. The molecule has 0 radical (unpaired) electrons. The molecule has 144 valence electrons. The second-order valence-corrected chi connectivity index (χ2v) is 8.02. The fourth-order valence-electron chi connectivity index (χ4n) is 3.84. The van der Waals surface area contributed by atoms with Crippen molar-refractivity contribution in [1.82, 2.24) is 0 Å². The third-order valence-corrected chi connectivity index (χ3v) is 5.59. The van der Waals surface area contributed by atoms with Crippen LogP contribution in [0, 0.1) is 34.6 Å². The minimum absolute atomic E-state index is 1.23. The van der Waals surface area contributed by atoms with Gasteiger partial charge in [0, 0.05) is 47.0 Å². The minimum atomic E-state index is 1.23. The van der Waals surface area contributed by atoms with Crippen molar-refractivity contribution in [3.63, 3.8) is 0 Å². The van der Waals surface area contributed by atoms with E-state index in [1.165, 1.54) is 50.3 Å². The molecule has 0 unspecified atom stereocenters. The van der Waals surface area contributed by atoms with E-state index in [1.807, 2.05) is 0 Å². The van der Waals surface area contributed by atoms with Crippen LogP contribution in [0.3, 0.4) is 0 Å². The van der Waals surface area contributed by atoms with Gasteiger partial charge in [-0.05, 0) is 56.9 Å². The maximum atomic E-state index is 2.24. The predicted molar refractivity (Wildman–Crippen MR) is 119 cm³/mol. The van der Waals surface area contributed by atoms with Crippen molar-refractivity contribution in [2.45, 2.75) is 34.6 Å². The van der Waals surface area contributed by atoms with Gasteiger partial charge in [0.05, 0.1) is 0 Å². The molecule has 2 heterocycles. The van der Waals surface area contributed by atoms with E-state index < -0.39 is 0 Å². The maximum Gasteiger partial charge on any atom is 0.213 e. The molecule has 0 aliphatic carbocycles. The van der Waals surface area contributed by atoms with Gasteiger partial charge in [0.1, 0.15) is 0 Å². The van der Waals surface area contributed by atoms with Gasteiger partial charge >= 0.3 is 0 Å². The third-order valence-electron chi connectivity index (χ3n) is 5.59. The number of nitrogens with zero attached hydrogens (tertiary/aromatic N) is 2. The number of rotatable bonds is 3. The fraction of sp³-hybridized carbons (Fsp3) is 0.185. The largest absolute Gasteiger partial charge is 0.213 e. The van der Waals surface area contributed by atoms with Gasteiger partial charge in [-0.3, -0.25) is 0 Å². The number of aryl methyl sites for hydroxylation is 5. The van der Waals surface area contributed by atoms with Crippen LogP contribution < -0.4 is 9.13 Å². The standard InChI is InChI=1S/C27H28N2/c1-19-6-8-21(3)26(16-19)28-13-10-24(11-14-28)25-12-15-29(18-23(25)5)27-17-20(2)7-9-22(27)4/h6-18H,1-5H3/q+2. The smallest absolute Gasteiger partial charge is 0.167 e. The van der Waals surface area contributed by atoms with E-state index in [1.54, 1.807) is 0 Å². The lowest BCUT2D eigenvalue weighted by atomic mass is 10.0. The molecule has 0 bridgehead atoms. The summed E-state index contributed by atoms with van der Waals surface area (Å²) in [6.07, 6.45) is 8.70. The van der Waals surface area contributed by atoms with Gasteiger partial charge in [-0.2, -0.15) is 9.13 Å². The van der Waals surface area contributed by atoms with E-state index in [2.05, 4.69) is 123 Å². The molecule has 2 nitrogen and oxygen atoms in total. The van der Waals surface area contributed by atoms with Crippen LogP contribution in [0.2, 0.25) is 0 Å². The van der Waals surface area contributed by atoms with Gasteiger partial charge in [0.15, 0.2) is 24.8 Å². The average molecular weight is 381 g/mol. The number of benzene rings is 2. The number of pyridine rings is 2. The molecular formula is C27H28N2+2. The van der Waals surface area contributed by atoms with Crippen LogP contribution in [0.1, 0.15) is 27.8 Å². The lowest BCUT2D eigenvalue weighted by Crippen LogP contribution is -2.31. The Hall–Kier alpha value is -3.26. The van der Waals surface area contributed by atoms with Crippen LogP contribution in [-0.2, 0) is 0 Å². The van der Waals surface area contributed by atoms with Crippen molar-refractivity contribution >= 4 is 0 Å². The highest BCUT2D eigenvalue weighted by Gasteiger charge is 2.15. The molecule has 4 aromatic rings. The molecule has 0 N–H and O–H groups in total. The summed E-state index contributed by atoms with van der Waals surface area (Å²) in [5.41, 5.74) is 11.3. The Morgan fingerprint density at radius 1 is 0.517 bits per heavy atom. The van der Waals surface area contributed by atoms with Crippen molar-refractivity contribution in [3.8, 4) is 22.5 Å². The molecule has 0 atom stereocenters. The second kappa shape index (κ2) is 7.63. The monoisotopic (exact) mass is 380 g/mol. The Bertz CT molecular complexity index is 1190. The Morgan fingerprint density at radius 2 is 1.03 bits per heavy atom. The van der Waals surface area contributed by atoms with Gasteiger partial charge in [-0.1, -0.05) is 24.3 Å². The van der Waals surface area contributed by atoms with E-state index in [4.69, 9.17) is 0 Å². The fourth-order valence-corrected chi connectivity index (χ4v) is 3.84. The number of hydrogen-bond donors (Lipinski definition) is 0.